The van der Waals surface area contributed by atoms with Gasteiger partial charge < -0.3 is 9.47 Å². The van der Waals surface area contributed by atoms with Gasteiger partial charge in [0, 0.05) is 16.4 Å². The highest BCUT2D eigenvalue weighted by Crippen LogP contribution is 2.49. The molecule has 4 atom stereocenters. The van der Waals surface area contributed by atoms with E-state index in [9.17, 15) is 14.4 Å². The molecule has 2 aliphatic heterocycles. The third-order valence-corrected chi connectivity index (χ3v) is 7.66. The zero-order valence-electron chi connectivity index (χ0n) is 16.6. The number of carbonyl (C=O) groups is 3. The van der Waals surface area contributed by atoms with Crippen molar-refractivity contribution in [3.8, 4) is 0 Å². The summed E-state index contributed by atoms with van der Waals surface area (Å²) < 4.78 is 10.9. The van der Waals surface area contributed by atoms with E-state index in [2.05, 4.69) is 20.9 Å². The van der Waals surface area contributed by atoms with Gasteiger partial charge >= 0.3 is 5.97 Å². The van der Waals surface area contributed by atoms with Crippen LogP contribution < -0.4 is 4.90 Å². The van der Waals surface area contributed by atoms with Crippen LogP contribution in [0.3, 0.4) is 0 Å². The molecule has 1 saturated carbocycles. The molecule has 4 unspecified atom stereocenters. The van der Waals surface area contributed by atoms with E-state index in [1.807, 2.05) is 0 Å². The first-order valence-electron chi connectivity index (χ1n) is 10.00. The number of methoxy groups -OCH3 is 1. The number of fused-ring (bicyclic) bond motifs is 1. The average molecular weight is 503 g/mol. The fraction of sp³-hybridized carbons (Fsp3) is 0.364. The molecule has 160 valence electrons. The number of rotatable bonds is 3. The number of nitrogens with zero attached hydrogens (tertiary/aromatic N) is 2. The SMILES string of the molecule is COC(=O)c1ccc(C2C3=C(OC4CCC(Br)CC4C3=O)C(=O)N2c2nccs2)cc1. The third kappa shape index (κ3) is 3.30. The van der Waals surface area contributed by atoms with Crippen LogP contribution in [-0.2, 0) is 19.1 Å². The Bertz CT molecular complexity index is 1080. The Morgan fingerprint density at radius 1 is 1.26 bits per heavy atom. The van der Waals surface area contributed by atoms with Crippen molar-refractivity contribution in [2.75, 3.05) is 12.0 Å². The lowest BCUT2D eigenvalue weighted by Gasteiger charge is -2.37. The normalized spacial score (nSPS) is 27.6. The smallest absolute Gasteiger partial charge is 0.337 e. The molecule has 5 rings (SSSR count). The topological polar surface area (TPSA) is 85.8 Å². The summed E-state index contributed by atoms with van der Waals surface area (Å²) in [6.07, 6.45) is 3.66. The number of Topliss-reactive ketones (excluding diaryl/α,β-unsaturated/α-hetero) is 1. The molecule has 3 aliphatic rings. The highest BCUT2D eigenvalue weighted by Gasteiger charge is 2.53. The second-order valence-corrected chi connectivity index (χ2v) is 9.95. The molecule has 3 heterocycles. The van der Waals surface area contributed by atoms with Gasteiger partial charge in [-0.05, 0) is 37.0 Å². The number of ketones is 1. The lowest BCUT2D eigenvalue weighted by molar-refractivity contribution is -0.131. The van der Waals surface area contributed by atoms with Crippen molar-refractivity contribution in [2.24, 2.45) is 5.92 Å². The Hall–Kier alpha value is -2.52. The monoisotopic (exact) mass is 502 g/mol. The minimum Gasteiger partial charge on any atom is -0.483 e. The predicted molar refractivity (Wildman–Crippen MR) is 117 cm³/mol. The number of anilines is 1. The summed E-state index contributed by atoms with van der Waals surface area (Å²) in [4.78, 5) is 45.0. The molecule has 0 N–H and O–H groups in total. The van der Waals surface area contributed by atoms with Crippen LogP contribution in [0.1, 0.15) is 41.2 Å². The van der Waals surface area contributed by atoms with Crippen molar-refractivity contribution >= 4 is 50.1 Å². The average Bonchev–Trinajstić information content (AvgIpc) is 3.40. The molecule has 1 aliphatic carbocycles. The number of hydrogen-bond acceptors (Lipinski definition) is 7. The first-order chi connectivity index (χ1) is 15.0. The molecule has 7 nitrogen and oxygen atoms in total. The second-order valence-electron chi connectivity index (χ2n) is 7.79. The Balaban J connectivity index is 1.60. The van der Waals surface area contributed by atoms with E-state index in [0.29, 0.717) is 28.3 Å². The minimum atomic E-state index is -0.649. The fourth-order valence-corrected chi connectivity index (χ4v) is 5.92. The van der Waals surface area contributed by atoms with Gasteiger partial charge in [0.05, 0.1) is 30.2 Å². The lowest BCUT2D eigenvalue weighted by atomic mass is 9.77. The quantitative estimate of drug-likeness (QED) is 0.468. The number of halogens is 1. The number of thiazole rings is 1. The van der Waals surface area contributed by atoms with E-state index in [1.165, 1.54) is 23.3 Å². The molecule has 0 bridgehead atoms. The molecule has 0 spiro atoms. The molecular weight excluding hydrogens is 484 g/mol. The minimum absolute atomic E-state index is 0.0372. The van der Waals surface area contributed by atoms with E-state index in [4.69, 9.17) is 9.47 Å². The Kier molecular flexibility index (Phi) is 5.18. The van der Waals surface area contributed by atoms with Crippen molar-refractivity contribution < 1.29 is 23.9 Å². The number of hydrogen-bond donors (Lipinski definition) is 0. The van der Waals surface area contributed by atoms with Gasteiger partial charge in [-0.2, -0.15) is 0 Å². The van der Waals surface area contributed by atoms with E-state index >= 15 is 0 Å². The van der Waals surface area contributed by atoms with Crippen LogP contribution in [-0.4, -0.2) is 40.7 Å². The molecule has 31 heavy (non-hydrogen) atoms. The number of amides is 1. The van der Waals surface area contributed by atoms with Crippen LogP contribution in [0, 0.1) is 5.92 Å². The summed E-state index contributed by atoms with van der Waals surface area (Å²) in [5.41, 5.74) is 1.49. The Morgan fingerprint density at radius 3 is 2.71 bits per heavy atom. The van der Waals surface area contributed by atoms with Gasteiger partial charge in [0.1, 0.15) is 6.10 Å². The predicted octanol–water partition coefficient (Wildman–Crippen LogP) is 3.80. The van der Waals surface area contributed by atoms with Gasteiger partial charge in [-0.3, -0.25) is 14.5 Å². The molecule has 0 saturated heterocycles. The third-order valence-electron chi connectivity index (χ3n) is 6.06. The number of aromatic nitrogens is 1. The summed E-state index contributed by atoms with van der Waals surface area (Å²) >= 11 is 4.97. The van der Waals surface area contributed by atoms with Crippen LogP contribution in [0.15, 0.2) is 47.2 Å². The number of ether oxygens (including phenoxy) is 2. The van der Waals surface area contributed by atoms with E-state index in [-0.39, 0.29) is 34.3 Å². The molecule has 0 radical (unpaired) electrons. The Labute approximate surface area is 191 Å². The molecule has 1 amide bonds. The number of benzene rings is 1. The van der Waals surface area contributed by atoms with Crippen molar-refractivity contribution in [3.05, 3.63) is 58.3 Å². The van der Waals surface area contributed by atoms with Crippen LogP contribution in [0.4, 0.5) is 5.13 Å². The van der Waals surface area contributed by atoms with Gasteiger partial charge in [-0.25, -0.2) is 9.78 Å². The van der Waals surface area contributed by atoms with Crippen LogP contribution in [0.25, 0.3) is 0 Å². The highest BCUT2D eigenvalue weighted by atomic mass is 79.9. The van der Waals surface area contributed by atoms with Crippen molar-refractivity contribution in [1.29, 1.82) is 0 Å². The first-order valence-corrected chi connectivity index (χ1v) is 11.8. The number of alkyl halides is 1. The van der Waals surface area contributed by atoms with E-state index in [1.54, 1.807) is 35.8 Å². The van der Waals surface area contributed by atoms with E-state index < -0.39 is 12.0 Å². The summed E-state index contributed by atoms with van der Waals surface area (Å²) in [5.74, 6) is -0.977. The summed E-state index contributed by atoms with van der Waals surface area (Å²) in [6, 6.07) is 6.11. The summed E-state index contributed by atoms with van der Waals surface area (Å²) in [7, 11) is 1.32. The Morgan fingerprint density at radius 2 is 2.03 bits per heavy atom. The fourth-order valence-electron chi connectivity index (χ4n) is 4.58. The maximum absolute atomic E-state index is 13.6. The molecular formula is C22H19BrN2O5S. The van der Waals surface area contributed by atoms with Crippen LogP contribution in [0.5, 0.6) is 0 Å². The molecule has 9 heteroatoms. The second kappa shape index (κ2) is 7.87. The zero-order valence-corrected chi connectivity index (χ0v) is 19.0. The van der Waals surface area contributed by atoms with Crippen LogP contribution in [0.2, 0.25) is 0 Å². The lowest BCUT2D eigenvalue weighted by Crippen LogP contribution is -2.41. The van der Waals surface area contributed by atoms with Crippen molar-refractivity contribution in [1.82, 2.24) is 4.98 Å². The summed E-state index contributed by atoms with van der Waals surface area (Å²) in [5, 5.41) is 2.29. The van der Waals surface area contributed by atoms with Crippen molar-refractivity contribution in [2.45, 2.75) is 36.2 Å². The van der Waals surface area contributed by atoms with Gasteiger partial charge in [0.25, 0.3) is 5.91 Å². The number of esters is 1. The van der Waals surface area contributed by atoms with Gasteiger partial charge in [-0.1, -0.05) is 28.1 Å². The van der Waals surface area contributed by atoms with E-state index in [0.717, 1.165) is 12.8 Å². The van der Waals surface area contributed by atoms with Crippen LogP contribution >= 0.6 is 27.3 Å². The van der Waals surface area contributed by atoms with Crippen molar-refractivity contribution in [3.63, 3.8) is 0 Å². The molecule has 1 aromatic heterocycles. The largest absolute Gasteiger partial charge is 0.483 e. The number of carbonyl (C=O) groups excluding carboxylic acids is 3. The maximum atomic E-state index is 13.6. The standard InChI is InChI=1S/C22H19BrN2O5S/c1-29-21(28)12-4-2-11(3-5-12)17-16-18(26)14-10-13(23)6-7-15(14)30-19(16)20(27)25(17)22-24-8-9-31-22/h2-5,8-9,13-15,17H,6-7,10H2,1H3. The highest BCUT2D eigenvalue weighted by molar-refractivity contribution is 9.09. The molecule has 1 aromatic carbocycles. The maximum Gasteiger partial charge on any atom is 0.337 e. The molecule has 2 aromatic rings. The summed E-state index contributed by atoms with van der Waals surface area (Å²) in [6.45, 7) is 0. The first kappa shape index (κ1) is 20.4. The van der Waals surface area contributed by atoms with Gasteiger partial charge in [0.2, 0.25) is 0 Å². The molecule has 1 fully saturated rings. The van der Waals surface area contributed by atoms with Gasteiger partial charge in [-0.15, -0.1) is 11.3 Å². The van der Waals surface area contributed by atoms with Gasteiger partial charge in [0.15, 0.2) is 16.7 Å². The zero-order chi connectivity index (χ0) is 21.7.